The van der Waals surface area contributed by atoms with Crippen LogP contribution in [-0.4, -0.2) is 21.5 Å². The molecule has 148 valence electrons. The predicted molar refractivity (Wildman–Crippen MR) is 116 cm³/mol. The van der Waals surface area contributed by atoms with Crippen LogP contribution in [0.25, 0.3) is 0 Å². The summed E-state index contributed by atoms with van der Waals surface area (Å²) in [4.78, 5) is 12.3. The largest absolute Gasteiger partial charge is 0.354 e. The van der Waals surface area contributed by atoms with Gasteiger partial charge in [0, 0.05) is 6.54 Å². The fourth-order valence-electron chi connectivity index (χ4n) is 3.91. The van der Waals surface area contributed by atoms with E-state index in [9.17, 15) is 0 Å². The van der Waals surface area contributed by atoms with Crippen LogP contribution in [0.2, 0.25) is 0 Å². The van der Waals surface area contributed by atoms with Gasteiger partial charge in [0.15, 0.2) is 10.3 Å². The van der Waals surface area contributed by atoms with Crippen molar-refractivity contribution in [3.05, 3.63) is 0 Å². The monoisotopic (exact) mass is 396 g/mol. The molecule has 0 aromatic carbocycles. The zero-order valence-electron chi connectivity index (χ0n) is 16.1. The molecule has 1 aliphatic carbocycles. The van der Waals surface area contributed by atoms with E-state index in [1.54, 1.807) is 0 Å². The van der Waals surface area contributed by atoms with Gasteiger partial charge in [0.1, 0.15) is 0 Å². The van der Waals surface area contributed by atoms with E-state index in [0.717, 1.165) is 12.5 Å². The molecule has 0 bridgehead atoms. The first-order chi connectivity index (χ1) is 12.7. The summed E-state index contributed by atoms with van der Waals surface area (Å²) in [7, 11) is 0. The van der Waals surface area contributed by atoms with E-state index in [-0.39, 0.29) is 0 Å². The van der Waals surface area contributed by atoms with Crippen molar-refractivity contribution in [1.82, 2.24) is 15.0 Å². The van der Waals surface area contributed by atoms with Gasteiger partial charge in [0.05, 0.1) is 0 Å². The van der Waals surface area contributed by atoms with Gasteiger partial charge in [-0.3, -0.25) is 0 Å². The Morgan fingerprint density at radius 1 is 0.692 bits per heavy atom. The Labute approximate surface area is 170 Å². The molecule has 0 atom stereocenters. The van der Waals surface area contributed by atoms with Crippen LogP contribution in [0.4, 0.5) is 5.95 Å². The summed E-state index contributed by atoms with van der Waals surface area (Å²) < 4.78 is 0. The van der Waals surface area contributed by atoms with Gasteiger partial charge in [-0.2, -0.15) is 15.0 Å². The summed E-state index contributed by atoms with van der Waals surface area (Å²) in [5.74, 6) is 1.47. The predicted octanol–water partition coefficient (Wildman–Crippen LogP) is 6.34. The van der Waals surface area contributed by atoms with Crippen LogP contribution in [0.5, 0.6) is 0 Å². The molecule has 26 heavy (non-hydrogen) atoms. The molecule has 4 nitrogen and oxygen atoms in total. The first-order valence-corrected chi connectivity index (χ1v) is 11.5. The molecule has 1 heterocycles. The minimum Gasteiger partial charge on any atom is -0.354 e. The molecule has 1 aromatic rings. The van der Waals surface area contributed by atoms with Crippen LogP contribution in [0, 0.1) is 5.92 Å². The molecule has 1 N–H and O–H groups in total. The van der Waals surface area contributed by atoms with E-state index in [2.05, 4.69) is 45.5 Å². The number of hydrogen-bond acceptors (Lipinski definition) is 6. The van der Waals surface area contributed by atoms with Gasteiger partial charge in [-0.25, -0.2) is 0 Å². The number of aromatic nitrogens is 3. The topological polar surface area (TPSA) is 50.7 Å². The van der Waals surface area contributed by atoms with Gasteiger partial charge in [-0.1, -0.05) is 83.5 Å². The Morgan fingerprint density at radius 3 is 1.65 bits per heavy atom. The summed E-state index contributed by atoms with van der Waals surface area (Å²) in [5, 5.41) is 4.12. The van der Waals surface area contributed by atoms with Gasteiger partial charge >= 0.3 is 0 Å². The molecule has 1 aromatic heterocycles. The molecule has 0 aliphatic heterocycles. The van der Waals surface area contributed by atoms with Gasteiger partial charge in [0.2, 0.25) is 5.95 Å². The van der Waals surface area contributed by atoms with Crippen molar-refractivity contribution in [3.63, 3.8) is 0 Å². The molecule has 1 saturated carbocycles. The smallest absolute Gasteiger partial charge is 0.227 e. The molecule has 0 spiro atoms. The van der Waals surface area contributed by atoms with Crippen molar-refractivity contribution < 1.29 is 0 Å². The first kappa shape index (κ1) is 21.8. The summed E-state index contributed by atoms with van der Waals surface area (Å²) in [6.45, 7) is 0.904. The number of anilines is 1. The maximum Gasteiger partial charge on any atom is 0.227 e. The number of rotatable bonds is 5. The summed E-state index contributed by atoms with van der Waals surface area (Å²) in [6, 6.07) is 0. The lowest BCUT2D eigenvalue weighted by atomic mass is 9.90. The maximum absolute atomic E-state index is 4.19. The highest BCUT2D eigenvalue weighted by Gasteiger charge is 2.09. The lowest BCUT2D eigenvalue weighted by molar-refractivity contribution is 0.372. The second-order valence-electron chi connectivity index (χ2n) is 7.66. The van der Waals surface area contributed by atoms with Gasteiger partial charge in [-0.15, -0.1) is 25.3 Å². The molecule has 0 radical (unpaired) electrons. The van der Waals surface area contributed by atoms with Gasteiger partial charge < -0.3 is 5.32 Å². The second kappa shape index (κ2) is 13.6. The quantitative estimate of drug-likeness (QED) is 0.401. The third kappa shape index (κ3) is 10.0. The highest BCUT2D eigenvalue weighted by molar-refractivity contribution is 7.80. The van der Waals surface area contributed by atoms with Crippen LogP contribution >= 0.6 is 25.3 Å². The third-order valence-corrected chi connectivity index (χ3v) is 5.81. The Morgan fingerprint density at radius 2 is 1.15 bits per heavy atom. The van der Waals surface area contributed by atoms with E-state index in [0.29, 0.717) is 16.3 Å². The van der Waals surface area contributed by atoms with Crippen LogP contribution < -0.4 is 5.32 Å². The fraction of sp³-hybridized carbons (Fsp3) is 0.850. The zero-order valence-corrected chi connectivity index (χ0v) is 17.9. The Hall–Kier alpha value is -0.490. The second-order valence-corrected chi connectivity index (χ2v) is 8.46. The molecule has 0 amide bonds. The van der Waals surface area contributed by atoms with Crippen molar-refractivity contribution >= 4 is 31.2 Å². The van der Waals surface area contributed by atoms with Gasteiger partial charge in [0.25, 0.3) is 0 Å². The maximum atomic E-state index is 4.19. The SMILES string of the molecule is Sc1nc(S)nc(NCCCC2CCCCCCCCCCCCC2)n1. The van der Waals surface area contributed by atoms with Gasteiger partial charge in [-0.05, 0) is 18.8 Å². The van der Waals surface area contributed by atoms with E-state index >= 15 is 0 Å². The summed E-state index contributed by atoms with van der Waals surface area (Å²) in [5.41, 5.74) is 0. The van der Waals surface area contributed by atoms with Crippen LogP contribution in [0.15, 0.2) is 10.3 Å². The number of hydrogen-bond donors (Lipinski definition) is 3. The van der Waals surface area contributed by atoms with Crippen LogP contribution in [0.1, 0.15) is 96.3 Å². The molecule has 0 unspecified atom stereocenters. The number of nitrogens with zero attached hydrogens (tertiary/aromatic N) is 3. The van der Waals surface area contributed by atoms with Crippen molar-refractivity contribution in [2.75, 3.05) is 11.9 Å². The van der Waals surface area contributed by atoms with E-state index in [1.165, 1.54) is 96.3 Å². The minimum absolute atomic E-state index is 0.415. The van der Waals surface area contributed by atoms with Crippen molar-refractivity contribution in [2.45, 2.75) is 107 Å². The molecule has 2 rings (SSSR count). The molecule has 1 aliphatic rings. The highest BCUT2D eigenvalue weighted by Crippen LogP contribution is 2.24. The van der Waals surface area contributed by atoms with Crippen LogP contribution in [-0.2, 0) is 0 Å². The zero-order chi connectivity index (χ0) is 18.5. The average molecular weight is 397 g/mol. The Kier molecular flexibility index (Phi) is 11.4. The highest BCUT2D eigenvalue weighted by atomic mass is 32.1. The lowest BCUT2D eigenvalue weighted by Crippen LogP contribution is -2.09. The van der Waals surface area contributed by atoms with Crippen molar-refractivity contribution in [2.24, 2.45) is 5.92 Å². The summed E-state index contributed by atoms with van der Waals surface area (Å²) in [6.07, 6.45) is 21.1. The van der Waals surface area contributed by atoms with Crippen molar-refractivity contribution in [1.29, 1.82) is 0 Å². The van der Waals surface area contributed by atoms with Crippen molar-refractivity contribution in [3.8, 4) is 0 Å². The average Bonchev–Trinajstić information content (AvgIpc) is 2.60. The fourth-order valence-corrected chi connectivity index (χ4v) is 4.37. The van der Waals surface area contributed by atoms with E-state index in [1.807, 2.05) is 0 Å². The third-order valence-electron chi connectivity index (χ3n) is 5.41. The molecule has 0 saturated heterocycles. The minimum atomic E-state index is 0.415. The standard InChI is InChI=1S/C20H36N4S2/c25-19-22-18(23-20(26)24-19)21-16-12-15-17-13-10-8-6-4-2-1-3-5-7-9-11-14-17/h17H,1-16H2,(H3,21,22,23,24,25,26). The first-order valence-electron chi connectivity index (χ1n) is 10.6. The molecule has 1 fully saturated rings. The molecule has 6 heteroatoms. The number of thiol groups is 2. The normalized spacial score (nSPS) is 19.0. The van der Waals surface area contributed by atoms with E-state index in [4.69, 9.17) is 0 Å². The number of nitrogens with one attached hydrogen (secondary N) is 1. The summed E-state index contributed by atoms with van der Waals surface area (Å²) >= 11 is 8.35. The molecular weight excluding hydrogens is 360 g/mol. The Bertz CT molecular complexity index is 464. The van der Waals surface area contributed by atoms with Crippen LogP contribution in [0.3, 0.4) is 0 Å². The molecular formula is C20H36N4S2. The van der Waals surface area contributed by atoms with E-state index < -0.39 is 0 Å². The lowest BCUT2D eigenvalue weighted by Gasteiger charge is -2.17. The Balaban J connectivity index is 1.68.